The van der Waals surface area contributed by atoms with Crippen LogP contribution in [-0.4, -0.2) is 13.1 Å². The van der Waals surface area contributed by atoms with Crippen LogP contribution in [0.25, 0.3) is 10.9 Å². The number of carbonyl (C=O) groups is 1. The molecular weight excluding hydrogens is 234 g/mol. The first-order valence-electron chi connectivity index (χ1n) is 5.44. The van der Waals surface area contributed by atoms with Crippen molar-refractivity contribution < 1.29 is 19.0 Å². The molecule has 5 heteroatoms. The zero-order valence-electron chi connectivity index (χ0n) is 10.2. The molecule has 0 amide bonds. The summed E-state index contributed by atoms with van der Waals surface area (Å²) < 4.78 is 10.9. The van der Waals surface area contributed by atoms with Gasteiger partial charge in [-0.05, 0) is 12.1 Å². The van der Waals surface area contributed by atoms with E-state index in [1.807, 2.05) is 0 Å². The zero-order chi connectivity index (χ0) is 13.1. The second-order valence-electron chi connectivity index (χ2n) is 3.80. The lowest BCUT2D eigenvalue weighted by molar-refractivity contribution is -0.577. The normalized spacial score (nSPS) is 10.3. The molecule has 0 saturated carbocycles. The van der Waals surface area contributed by atoms with Crippen molar-refractivity contribution in [2.45, 2.75) is 13.5 Å². The number of ether oxygens (including phenoxy) is 2. The number of fused-ring (bicyclic) bond motifs is 1. The Morgan fingerprint density at radius 3 is 2.83 bits per heavy atom. The summed E-state index contributed by atoms with van der Waals surface area (Å²) in [6, 6.07) is 6.91. The highest BCUT2D eigenvalue weighted by Crippen LogP contribution is 2.25. The van der Waals surface area contributed by atoms with Gasteiger partial charge < -0.3 is 14.7 Å². The molecule has 0 unspecified atom stereocenters. The SMILES string of the molecule is COc1ccc(COC(C)=O)c2ccc[n+]([O-])c12. The summed E-state index contributed by atoms with van der Waals surface area (Å²) in [6.45, 7) is 1.49. The molecule has 1 aromatic heterocycles. The number of esters is 1. The largest absolute Gasteiger partial charge is 0.618 e. The Hall–Kier alpha value is -2.30. The Morgan fingerprint density at radius 2 is 2.17 bits per heavy atom. The highest BCUT2D eigenvalue weighted by atomic mass is 16.5. The molecule has 5 nitrogen and oxygen atoms in total. The van der Waals surface area contributed by atoms with E-state index in [0.717, 1.165) is 10.3 Å². The van der Waals surface area contributed by atoms with Gasteiger partial charge >= 0.3 is 5.97 Å². The maximum Gasteiger partial charge on any atom is 0.302 e. The van der Waals surface area contributed by atoms with Gasteiger partial charge in [-0.25, -0.2) is 0 Å². The number of hydrogen-bond acceptors (Lipinski definition) is 4. The zero-order valence-corrected chi connectivity index (χ0v) is 10.2. The van der Waals surface area contributed by atoms with E-state index in [1.165, 1.54) is 20.2 Å². The second-order valence-corrected chi connectivity index (χ2v) is 3.80. The monoisotopic (exact) mass is 247 g/mol. The number of hydrogen-bond donors (Lipinski definition) is 0. The molecular formula is C13H13NO4. The maximum atomic E-state index is 11.8. The molecule has 1 heterocycles. The summed E-state index contributed by atoms with van der Waals surface area (Å²) in [5, 5.41) is 12.5. The number of rotatable bonds is 3. The molecule has 0 bridgehead atoms. The quantitative estimate of drug-likeness (QED) is 0.469. The van der Waals surface area contributed by atoms with Crippen LogP contribution in [0.5, 0.6) is 5.75 Å². The van der Waals surface area contributed by atoms with Gasteiger partial charge in [-0.15, -0.1) is 0 Å². The van der Waals surface area contributed by atoms with Gasteiger partial charge in [0.2, 0.25) is 0 Å². The Balaban J connectivity index is 2.56. The van der Waals surface area contributed by atoms with E-state index in [1.54, 1.807) is 24.3 Å². The maximum absolute atomic E-state index is 11.8. The van der Waals surface area contributed by atoms with Gasteiger partial charge in [0.25, 0.3) is 5.52 Å². The van der Waals surface area contributed by atoms with Crippen LogP contribution < -0.4 is 9.47 Å². The second kappa shape index (κ2) is 4.91. The third-order valence-corrected chi connectivity index (χ3v) is 2.63. The Morgan fingerprint density at radius 1 is 1.39 bits per heavy atom. The summed E-state index contributed by atoms with van der Waals surface area (Å²) in [4.78, 5) is 10.8. The number of methoxy groups -OCH3 is 1. The van der Waals surface area contributed by atoms with Gasteiger partial charge in [-0.1, -0.05) is 6.07 Å². The fraction of sp³-hybridized carbons (Fsp3) is 0.231. The number of carbonyl (C=O) groups excluding carboxylic acids is 1. The van der Waals surface area contributed by atoms with Gasteiger partial charge in [0.05, 0.1) is 12.5 Å². The van der Waals surface area contributed by atoms with Gasteiger partial charge in [-0.2, -0.15) is 4.73 Å². The highest BCUT2D eigenvalue weighted by Gasteiger charge is 2.14. The fourth-order valence-electron chi connectivity index (χ4n) is 1.81. The van der Waals surface area contributed by atoms with Crippen molar-refractivity contribution in [2.24, 2.45) is 0 Å². The minimum absolute atomic E-state index is 0.139. The molecule has 0 fully saturated rings. The van der Waals surface area contributed by atoms with Gasteiger partial charge in [0.1, 0.15) is 6.61 Å². The van der Waals surface area contributed by atoms with E-state index in [4.69, 9.17) is 9.47 Å². The molecule has 0 aliphatic rings. The highest BCUT2D eigenvalue weighted by molar-refractivity contribution is 5.85. The standard InChI is InChI=1S/C13H13NO4/c1-9(15)18-8-10-5-6-12(17-2)13-11(10)4-3-7-14(13)16/h3-7H,8H2,1-2H3. The lowest BCUT2D eigenvalue weighted by atomic mass is 10.1. The average Bonchev–Trinajstić information content (AvgIpc) is 2.36. The Bertz CT molecular complexity index is 595. The molecule has 0 atom stereocenters. The summed E-state index contributed by atoms with van der Waals surface area (Å²) in [7, 11) is 1.51. The van der Waals surface area contributed by atoms with E-state index < -0.39 is 0 Å². The van der Waals surface area contributed by atoms with Crippen molar-refractivity contribution in [3.05, 3.63) is 41.2 Å². The minimum atomic E-state index is -0.357. The van der Waals surface area contributed by atoms with Crippen molar-refractivity contribution in [1.82, 2.24) is 0 Å². The molecule has 0 saturated heterocycles. The lowest BCUT2D eigenvalue weighted by Crippen LogP contribution is -2.26. The van der Waals surface area contributed by atoms with E-state index in [9.17, 15) is 10.0 Å². The van der Waals surface area contributed by atoms with Crippen molar-refractivity contribution in [3.8, 4) is 5.75 Å². The molecule has 0 aliphatic carbocycles. The summed E-state index contributed by atoms with van der Waals surface area (Å²) in [5.41, 5.74) is 1.20. The van der Waals surface area contributed by atoms with Crippen LogP contribution in [0.2, 0.25) is 0 Å². The average molecular weight is 247 g/mol. The number of benzene rings is 1. The molecule has 0 aliphatic heterocycles. The van der Waals surface area contributed by atoms with Gasteiger partial charge in [0, 0.05) is 18.6 Å². The van der Waals surface area contributed by atoms with Gasteiger partial charge in [0.15, 0.2) is 11.9 Å². The molecule has 94 valence electrons. The van der Waals surface area contributed by atoms with Crippen LogP contribution in [0.3, 0.4) is 0 Å². The van der Waals surface area contributed by atoms with E-state index in [0.29, 0.717) is 16.7 Å². The Labute approximate surface area is 104 Å². The lowest BCUT2D eigenvalue weighted by Gasteiger charge is -2.10. The van der Waals surface area contributed by atoms with Crippen LogP contribution >= 0.6 is 0 Å². The first kappa shape index (κ1) is 12.2. The molecule has 0 radical (unpaired) electrons. The van der Waals surface area contributed by atoms with Gasteiger partial charge in [-0.3, -0.25) is 4.79 Å². The smallest absolute Gasteiger partial charge is 0.302 e. The van der Waals surface area contributed by atoms with Crippen LogP contribution in [-0.2, 0) is 16.1 Å². The van der Waals surface area contributed by atoms with E-state index in [-0.39, 0.29) is 12.6 Å². The first-order chi connectivity index (χ1) is 8.63. The van der Waals surface area contributed by atoms with Crippen molar-refractivity contribution in [2.75, 3.05) is 7.11 Å². The summed E-state index contributed by atoms with van der Waals surface area (Å²) in [6.07, 6.45) is 1.40. The van der Waals surface area contributed by atoms with Crippen molar-refractivity contribution >= 4 is 16.9 Å². The fourth-order valence-corrected chi connectivity index (χ4v) is 1.81. The molecule has 0 spiro atoms. The minimum Gasteiger partial charge on any atom is -0.618 e. The predicted molar refractivity (Wildman–Crippen MR) is 64.9 cm³/mol. The van der Waals surface area contributed by atoms with E-state index in [2.05, 4.69) is 0 Å². The third kappa shape index (κ3) is 2.20. The summed E-state index contributed by atoms with van der Waals surface area (Å²) >= 11 is 0. The first-order valence-corrected chi connectivity index (χ1v) is 5.44. The predicted octanol–water partition coefficient (Wildman–Crippen LogP) is 1.54. The topological polar surface area (TPSA) is 62.5 Å². The molecule has 18 heavy (non-hydrogen) atoms. The van der Waals surface area contributed by atoms with Crippen LogP contribution in [0.15, 0.2) is 30.5 Å². The molecule has 0 N–H and O–H groups in total. The number of nitrogens with zero attached hydrogens (tertiary/aromatic N) is 1. The molecule has 2 rings (SSSR count). The molecule has 1 aromatic carbocycles. The summed E-state index contributed by atoms with van der Waals surface area (Å²) in [5.74, 6) is 0.136. The van der Waals surface area contributed by atoms with Crippen LogP contribution in [0.4, 0.5) is 0 Å². The number of aromatic nitrogens is 1. The third-order valence-electron chi connectivity index (χ3n) is 2.63. The molecule has 2 aromatic rings. The van der Waals surface area contributed by atoms with E-state index >= 15 is 0 Å². The van der Waals surface area contributed by atoms with Crippen molar-refractivity contribution in [1.29, 1.82) is 0 Å². The Kier molecular flexibility index (Phi) is 3.32. The number of pyridine rings is 1. The van der Waals surface area contributed by atoms with Crippen molar-refractivity contribution in [3.63, 3.8) is 0 Å². The van der Waals surface area contributed by atoms with Crippen LogP contribution in [0, 0.1) is 5.21 Å². The van der Waals surface area contributed by atoms with Crippen LogP contribution in [0.1, 0.15) is 12.5 Å².